The Bertz CT molecular complexity index is 1820. The minimum absolute atomic E-state index is 0.0843. The number of carbonyl (C=O) groups excluding carboxylic acids is 1. The fraction of sp³-hybridized carbons (Fsp3) is 0.103. The third kappa shape index (κ3) is 5.60. The smallest absolute Gasteiger partial charge is 0.185 e. The van der Waals surface area contributed by atoms with Crippen molar-refractivity contribution in [3.8, 4) is 33.9 Å². The van der Waals surface area contributed by atoms with Crippen LogP contribution in [0, 0.1) is 5.92 Å². The van der Waals surface area contributed by atoms with Gasteiger partial charge in [-0.05, 0) is 55.2 Å². The second kappa shape index (κ2) is 12.0. The van der Waals surface area contributed by atoms with E-state index in [1.807, 2.05) is 131 Å². The lowest BCUT2D eigenvalue weighted by Gasteiger charge is -2.22. The molecule has 1 unspecified atom stereocenters. The maximum atomic E-state index is 14.1. The van der Waals surface area contributed by atoms with Gasteiger partial charge >= 0.3 is 0 Å². The largest absolute Gasteiger partial charge is 0.289 e. The number of ketones is 1. The van der Waals surface area contributed by atoms with Crippen molar-refractivity contribution < 1.29 is 4.79 Å². The van der Waals surface area contributed by atoms with Crippen LogP contribution in [0.15, 0.2) is 145 Å². The Kier molecular flexibility index (Phi) is 7.43. The van der Waals surface area contributed by atoms with Gasteiger partial charge in [-0.2, -0.15) is 10.2 Å². The summed E-state index contributed by atoms with van der Waals surface area (Å²) in [6.07, 6.45) is 9.58. The molecule has 7 rings (SSSR count). The summed E-state index contributed by atoms with van der Waals surface area (Å²) in [6.45, 7) is 2.21. The summed E-state index contributed by atoms with van der Waals surface area (Å²) >= 11 is 0. The topological polar surface area (TPSA) is 52.7 Å². The fourth-order valence-corrected chi connectivity index (χ4v) is 5.89. The molecule has 1 aliphatic rings. The van der Waals surface area contributed by atoms with E-state index in [0.29, 0.717) is 5.92 Å². The Morgan fingerprint density at radius 1 is 0.568 bits per heavy atom. The van der Waals surface area contributed by atoms with Crippen molar-refractivity contribution in [2.45, 2.75) is 19.8 Å². The van der Waals surface area contributed by atoms with Gasteiger partial charge in [-0.1, -0.05) is 104 Å². The van der Waals surface area contributed by atoms with Crippen molar-refractivity contribution in [3.63, 3.8) is 0 Å². The van der Waals surface area contributed by atoms with E-state index in [0.717, 1.165) is 69.0 Å². The average Bonchev–Trinajstić information content (AvgIpc) is 3.70. The number of hydrogen-bond acceptors (Lipinski definition) is 3. The minimum atomic E-state index is 0.0843. The molecular weight excluding hydrogens is 540 g/mol. The van der Waals surface area contributed by atoms with Crippen molar-refractivity contribution in [3.05, 3.63) is 156 Å². The Balaban J connectivity index is 1.30. The summed E-state index contributed by atoms with van der Waals surface area (Å²) in [4.78, 5) is 14.1. The third-order valence-corrected chi connectivity index (χ3v) is 8.00. The van der Waals surface area contributed by atoms with Crippen LogP contribution in [0.1, 0.15) is 30.9 Å². The second-order valence-corrected chi connectivity index (χ2v) is 11.3. The molecule has 2 aromatic heterocycles. The van der Waals surface area contributed by atoms with Gasteiger partial charge < -0.3 is 0 Å². The zero-order valence-electron chi connectivity index (χ0n) is 24.5. The van der Waals surface area contributed by atoms with Crippen LogP contribution in [0.4, 0.5) is 0 Å². The molecule has 1 aliphatic carbocycles. The first-order valence-corrected chi connectivity index (χ1v) is 15.0. The van der Waals surface area contributed by atoms with Crippen LogP contribution in [0.5, 0.6) is 0 Å². The molecule has 0 saturated heterocycles. The highest BCUT2D eigenvalue weighted by Gasteiger charge is 2.27. The highest BCUT2D eigenvalue weighted by atomic mass is 16.1. The molecule has 2 heterocycles. The molecule has 0 radical (unpaired) electrons. The van der Waals surface area contributed by atoms with Crippen molar-refractivity contribution in [2.75, 3.05) is 0 Å². The summed E-state index contributed by atoms with van der Waals surface area (Å²) < 4.78 is 3.79. The van der Waals surface area contributed by atoms with E-state index < -0.39 is 0 Å². The number of Topliss-reactive ketones (excluding diaryl/α,β-unsaturated/α-hetero) is 1. The van der Waals surface area contributed by atoms with Gasteiger partial charge in [-0.15, -0.1) is 0 Å². The SMILES string of the molecule is CC1CC(=Cc2cn(-c3ccccc3)nc2-c2ccccc2)C(=O)/C(=C\c2cn(-c3ccccc3)nc2-c2ccccc2)C1. The van der Waals surface area contributed by atoms with Crippen molar-refractivity contribution >= 4 is 17.9 Å². The number of para-hydroxylation sites is 2. The minimum Gasteiger partial charge on any atom is -0.289 e. The number of nitrogens with zero attached hydrogens (tertiary/aromatic N) is 4. The number of allylic oxidation sites excluding steroid dienone is 2. The number of aromatic nitrogens is 4. The molecule has 44 heavy (non-hydrogen) atoms. The highest BCUT2D eigenvalue weighted by Crippen LogP contribution is 2.35. The summed E-state index contributed by atoms with van der Waals surface area (Å²) in [5, 5.41) is 9.92. The average molecular weight is 573 g/mol. The van der Waals surface area contributed by atoms with Crippen molar-refractivity contribution in [1.82, 2.24) is 19.6 Å². The molecule has 0 bridgehead atoms. The summed E-state index contributed by atoms with van der Waals surface area (Å²) in [5.41, 5.74) is 9.15. The fourth-order valence-electron chi connectivity index (χ4n) is 5.89. The monoisotopic (exact) mass is 572 g/mol. The second-order valence-electron chi connectivity index (χ2n) is 11.3. The normalized spacial score (nSPS) is 16.9. The predicted molar refractivity (Wildman–Crippen MR) is 177 cm³/mol. The molecule has 1 saturated carbocycles. The maximum Gasteiger partial charge on any atom is 0.185 e. The van der Waals surface area contributed by atoms with Crippen LogP contribution in [0.2, 0.25) is 0 Å². The van der Waals surface area contributed by atoms with Crippen LogP contribution in [0.3, 0.4) is 0 Å². The molecule has 5 heteroatoms. The lowest BCUT2D eigenvalue weighted by molar-refractivity contribution is -0.113. The van der Waals surface area contributed by atoms with E-state index in [1.54, 1.807) is 0 Å². The van der Waals surface area contributed by atoms with Gasteiger partial charge in [0.2, 0.25) is 0 Å². The summed E-state index contributed by atoms with van der Waals surface area (Å²) in [5.74, 6) is 0.403. The van der Waals surface area contributed by atoms with Gasteiger partial charge in [0.1, 0.15) is 0 Å². The predicted octanol–water partition coefficient (Wildman–Crippen LogP) is 8.86. The van der Waals surface area contributed by atoms with E-state index in [9.17, 15) is 4.79 Å². The Hall–Kier alpha value is -5.55. The van der Waals surface area contributed by atoms with Gasteiger partial charge in [-0.3, -0.25) is 4.79 Å². The van der Waals surface area contributed by atoms with E-state index in [4.69, 9.17) is 10.2 Å². The van der Waals surface area contributed by atoms with Gasteiger partial charge in [0.05, 0.1) is 22.8 Å². The Morgan fingerprint density at radius 2 is 0.932 bits per heavy atom. The summed E-state index contributed by atoms with van der Waals surface area (Å²) in [6, 6.07) is 40.5. The molecule has 0 aliphatic heterocycles. The molecule has 0 N–H and O–H groups in total. The first-order valence-electron chi connectivity index (χ1n) is 15.0. The van der Waals surface area contributed by atoms with Crippen molar-refractivity contribution in [1.29, 1.82) is 0 Å². The van der Waals surface area contributed by atoms with Gasteiger partial charge in [0.25, 0.3) is 0 Å². The molecule has 214 valence electrons. The maximum absolute atomic E-state index is 14.1. The zero-order chi connectivity index (χ0) is 29.9. The van der Waals surface area contributed by atoms with Gasteiger partial charge in [0.15, 0.2) is 5.78 Å². The van der Waals surface area contributed by atoms with Crippen LogP contribution in [-0.4, -0.2) is 25.3 Å². The van der Waals surface area contributed by atoms with E-state index >= 15 is 0 Å². The van der Waals surface area contributed by atoms with Crippen LogP contribution in [-0.2, 0) is 4.79 Å². The number of benzene rings is 4. The van der Waals surface area contributed by atoms with E-state index in [1.165, 1.54) is 0 Å². The number of hydrogen-bond donors (Lipinski definition) is 0. The zero-order valence-corrected chi connectivity index (χ0v) is 24.5. The lowest BCUT2D eigenvalue weighted by Crippen LogP contribution is -2.18. The molecule has 6 aromatic rings. The number of carbonyl (C=O) groups is 1. The molecule has 4 aromatic carbocycles. The first-order chi connectivity index (χ1) is 21.6. The van der Waals surface area contributed by atoms with Crippen molar-refractivity contribution in [2.24, 2.45) is 5.92 Å². The molecule has 1 atom stereocenters. The summed E-state index contributed by atoms with van der Waals surface area (Å²) in [7, 11) is 0. The molecule has 0 spiro atoms. The Labute approximate surface area is 257 Å². The van der Waals surface area contributed by atoms with Gasteiger partial charge in [-0.25, -0.2) is 9.36 Å². The quantitative estimate of drug-likeness (QED) is 0.187. The first kappa shape index (κ1) is 27.3. The van der Waals surface area contributed by atoms with E-state index in [2.05, 4.69) is 31.2 Å². The number of rotatable bonds is 6. The van der Waals surface area contributed by atoms with Crippen LogP contribution < -0.4 is 0 Å². The van der Waals surface area contributed by atoms with Crippen LogP contribution >= 0.6 is 0 Å². The molecular formula is C39H32N4O. The molecule has 0 amide bonds. The standard InChI is InChI=1S/C39H32N4O/c1-28-22-31(24-33-26-42(35-18-10-4-11-19-35)40-37(33)29-14-6-2-7-15-29)39(44)32(23-28)25-34-27-43(36-20-12-5-13-21-36)41-38(34)30-16-8-3-9-17-30/h2-21,24-28H,22-23H2,1H3/b31-24-,32-25?. The highest BCUT2D eigenvalue weighted by molar-refractivity contribution is 6.14. The molecule has 5 nitrogen and oxygen atoms in total. The Morgan fingerprint density at radius 3 is 1.32 bits per heavy atom. The molecule has 1 fully saturated rings. The lowest BCUT2D eigenvalue weighted by atomic mass is 9.80. The van der Waals surface area contributed by atoms with Crippen LogP contribution in [0.25, 0.3) is 46.0 Å². The van der Waals surface area contributed by atoms with Gasteiger partial charge in [0, 0.05) is 45.8 Å². The van der Waals surface area contributed by atoms with E-state index in [-0.39, 0.29) is 5.78 Å². The third-order valence-electron chi connectivity index (χ3n) is 8.00.